The molecule has 0 aromatic heterocycles. The number of hydrogen-bond acceptors (Lipinski definition) is 4. The zero-order valence-electron chi connectivity index (χ0n) is 19.8. The molecular formula is C24H37ClN2O4. The Morgan fingerprint density at radius 3 is 2.35 bits per heavy atom. The molecule has 1 heterocycles. The number of carbonyl (C=O) groups excluding carboxylic acids is 2. The van der Waals surface area contributed by atoms with Crippen LogP contribution in [-0.4, -0.2) is 61.2 Å². The molecule has 0 radical (unpaired) electrons. The number of unbranched alkanes of at least 4 members (excludes halogenated alkanes) is 1. The molecule has 0 atom stereocenters. The first-order valence-corrected chi connectivity index (χ1v) is 11.4. The molecule has 0 bridgehead atoms. The molecule has 6 nitrogen and oxygen atoms in total. The average Bonchev–Trinajstić information content (AvgIpc) is 2.66. The molecular weight excluding hydrogens is 416 g/mol. The maximum absolute atomic E-state index is 12.2. The van der Waals surface area contributed by atoms with E-state index in [2.05, 4.69) is 6.92 Å². The fraction of sp³-hybridized carbons (Fsp3) is 0.667. The summed E-state index contributed by atoms with van der Waals surface area (Å²) in [5.41, 5.74) is 0.268. The first-order chi connectivity index (χ1) is 14.4. The van der Waals surface area contributed by atoms with Gasteiger partial charge >= 0.3 is 6.09 Å². The predicted octanol–water partition coefficient (Wildman–Crippen LogP) is 5.63. The van der Waals surface area contributed by atoms with Crippen molar-refractivity contribution in [1.82, 2.24) is 9.80 Å². The van der Waals surface area contributed by atoms with Gasteiger partial charge < -0.3 is 19.3 Å². The van der Waals surface area contributed by atoms with Crippen molar-refractivity contribution in [3.05, 3.63) is 28.8 Å². The van der Waals surface area contributed by atoms with E-state index in [1.807, 2.05) is 25.7 Å². The van der Waals surface area contributed by atoms with Crippen LogP contribution in [0.1, 0.15) is 70.2 Å². The monoisotopic (exact) mass is 452 g/mol. The van der Waals surface area contributed by atoms with E-state index in [9.17, 15) is 9.59 Å². The lowest BCUT2D eigenvalue weighted by atomic mass is 9.76. The molecule has 1 aromatic carbocycles. The Balaban J connectivity index is 1.71. The number of nitrogens with zero attached hydrogens (tertiary/aromatic N) is 2. The maximum atomic E-state index is 12.2. The van der Waals surface area contributed by atoms with E-state index in [1.54, 1.807) is 32.3 Å². The summed E-state index contributed by atoms with van der Waals surface area (Å²) >= 11 is 6.23. The van der Waals surface area contributed by atoms with Crippen molar-refractivity contribution in [3.63, 3.8) is 0 Å². The van der Waals surface area contributed by atoms with Crippen molar-refractivity contribution in [2.75, 3.05) is 33.8 Å². The smallest absolute Gasteiger partial charge is 0.410 e. The molecule has 0 N–H and O–H groups in total. The van der Waals surface area contributed by atoms with Gasteiger partial charge in [0.15, 0.2) is 0 Å². The minimum Gasteiger partial charge on any atom is -0.494 e. The van der Waals surface area contributed by atoms with Crippen LogP contribution in [0.2, 0.25) is 5.02 Å². The Bertz CT molecular complexity index is 765. The van der Waals surface area contributed by atoms with E-state index < -0.39 is 5.60 Å². The van der Waals surface area contributed by atoms with Crippen molar-refractivity contribution >= 4 is 23.6 Å². The molecule has 0 aliphatic carbocycles. The third-order valence-electron chi connectivity index (χ3n) is 5.64. The number of amides is 2. The Kier molecular flexibility index (Phi) is 8.64. The quantitative estimate of drug-likeness (QED) is 0.503. The lowest BCUT2D eigenvalue weighted by Crippen LogP contribution is -2.44. The van der Waals surface area contributed by atoms with Gasteiger partial charge in [-0.1, -0.05) is 18.5 Å². The summed E-state index contributed by atoms with van der Waals surface area (Å²) in [6.07, 6.45) is 4.89. The van der Waals surface area contributed by atoms with E-state index in [4.69, 9.17) is 21.1 Å². The van der Waals surface area contributed by atoms with Gasteiger partial charge in [0.25, 0.3) is 5.91 Å². The molecule has 174 valence electrons. The van der Waals surface area contributed by atoms with Gasteiger partial charge in [-0.3, -0.25) is 4.79 Å². The summed E-state index contributed by atoms with van der Waals surface area (Å²) in [4.78, 5) is 27.6. The number of rotatable bonds is 7. The van der Waals surface area contributed by atoms with Crippen LogP contribution in [0, 0.1) is 5.41 Å². The van der Waals surface area contributed by atoms with Gasteiger partial charge in [0.2, 0.25) is 0 Å². The van der Waals surface area contributed by atoms with Crippen LogP contribution >= 0.6 is 11.6 Å². The number of benzene rings is 1. The number of hydrogen-bond donors (Lipinski definition) is 0. The van der Waals surface area contributed by atoms with Crippen molar-refractivity contribution < 1.29 is 19.1 Å². The summed E-state index contributed by atoms with van der Waals surface area (Å²) in [7, 11) is 3.40. The number of likely N-dealkylation sites (tertiary alicyclic amines) is 1. The zero-order valence-corrected chi connectivity index (χ0v) is 20.6. The van der Waals surface area contributed by atoms with E-state index in [1.165, 1.54) is 4.90 Å². The molecule has 1 aliphatic rings. The van der Waals surface area contributed by atoms with Crippen molar-refractivity contribution in [3.8, 4) is 5.75 Å². The number of ether oxygens (including phenoxy) is 2. The fourth-order valence-electron chi connectivity index (χ4n) is 3.65. The van der Waals surface area contributed by atoms with Crippen LogP contribution in [0.15, 0.2) is 18.2 Å². The highest BCUT2D eigenvalue weighted by Crippen LogP contribution is 2.36. The fourth-order valence-corrected chi connectivity index (χ4v) is 3.90. The Labute approximate surface area is 191 Å². The second-order valence-corrected chi connectivity index (χ2v) is 10.3. The lowest BCUT2D eigenvalue weighted by molar-refractivity contribution is 0.0107. The largest absolute Gasteiger partial charge is 0.494 e. The van der Waals surface area contributed by atoms with E-state index in [0.717, 1.165) is 45.2 Å². The van der Waals surface area contributed by atoms with E-state index in [-0.39, 0.29) is 17.4 Å². The summed E-state index contributed by atoms with van der Waals surface area (Å²) in [5, 5.41) is 0.403. The van der Waals surface area contributed by atoms with E-state index >= 15 is 0 Å². The van der Waals surface area contributed by atoms with Crippen LogP contribution in [0.4, 0.5) is 4.79 Å². The highest BCUT2D eigenvalue weighted by molar-refractivity contribution is 6.34. The molecule has 1 aliphatic heterocycles. The molecule has 1 aromatic rings. The standard InChI is InChI=1S/C24H37ClN2O4/c1-23(2,3)31-22(29)27-14-12-24(4,13-15-27)11-7-8-16-30-18-9-10-19(20(25)17-18)21(28)26(5)6/h9-10,17H,7-8,11-16H2,1-6H3. The highest BCUT2D eigenvalue weighted by atomic mass is 35.5. The molecule has 2 rings (SSSR count). The Morgan fingerprint density at radius 2 is 1.81 bits per heavy atom. The average molecular weight is 453 g/mol. The lowest BCUT2D eigenvalue weighted by Gasteiger charge is -2.40. The maximum Gasteiger partial charge on any atom is 0.410 e. The Morgan fingerprint density at radius 1 is 1.16 bits per heavy atom. The van der Waals surface area contributed by atoms with Gasteiger partial charge in [0, 0.05) is 27.2 Å². The second-order valence-electron chi connectivity index (χ2n) is 9.92. The van der Waals surface area contributed by atoms with Gasteiger partial charge in [-0.05, 0) is 76.5 Å². The van der Waals surface area contributed by atoms with Gasteiger partial charge in [-0.15, -0.1) is 0 Å². The summed E-state index contributed by atoms with van der Waals surface area (Å²) in [6, 6.07) is 5.20. The van der Waals surface area contributed by atoms with Gasteiger partial charge in [-0.2, -0.15) is 0 Å². The SMILES string of the molecule is CN(C)C(=O)c1ccc(OCCCCC2(C)CCN(C(=O)OC(C)(C)C)CC2)cc1Cl. The van der Waals surface area contributed by atoms with Crippen molar-refractivity contribution in [2.24, 2.45) is 5.41 Å². The summed E-state index contributed by atoms with van der Waals surface area (Å²) < 4.78 is 11.3. The molecule has 0 unspecified atom stereocenters. The molecule has 0 spiro atoms. The summed E-state index contributed by atoms with van der Waals surface area (Å²) in [5.74, 6) is 0.555. The third kappa shape index (κ3) is 7.91. The summed E-state index contributed by atoms with van der Waals surface area (Å²) in [6.45, 7) is 10.1. The van der Waals surface area contributed by atoms with Gasteiger partial charge in [0.05, 0.1) is 17.2 Å². The molecule has 1 fully saturated rings. The first-order valence-electron chi connectivity index (χ1n) is 11.0. The molecule has 7 heteroatoms. The van der Waals surface area contributed by atoms with Crippen LogP contribution in [0.25, 0.3) is 0 Å². The number of halogens is 1. The minimum atomic E-state index is -0.454. The number of carbonyl (C=O) groups is 2. The topological polar surface area (TPSA) is 59.1 Å². The van der Waals surface area contributed by atoms with Crippen LogP contribution in [-0.2, 0) is 4.74 Å². The van der Waals surface area contributed by atoms with E-state index in [0.29, 0.717) is 22.9 Å². The zero-order chi connectivity index (χ0) is 23.2. The molecule has 0 saturated carbocycles. The van der Waals surface area contributed by atoms with Crippen LogP contribution < -0.4 is 4.74 Å². The third-order valence-corrected chi connectivity index (χ3v) is 5.96. The Hall–Kier alpha value is -1.95. The predicted molar refractivity (Wildman–Crippen MR) is 124 cm³/mol. The van der Waals surface area contributed by atoms with Crippen molar-refractivity contribution in [1.29, 1.82) is 0 Å². The first kappa shape index (κ1) is 25.3. The minimum absolute atomic E-state index is 0.123. The molecule has 2 amide bonds. The number of piperidine rings is 1. The van der Waals surface area contributed by atoms with Crippen LogP contribution in [0.5, 0.6) is 5.75 Å². The van der Waals surface area contributed by atoms with Crippen molar-refractivity contribution in [2.45, 2.75) is 65.4 Å². The normalized spacial score (nSPS) is 16.0. The van der Waals surface area contributed by atoms with Crippen LogP contribution in [0.3, 0.4) is 0 Å². The molecule has 1 saturated heterocycles. The van der Waals surface area contributed by atoms with Gasteiger partial charge in [-0.25, -0.2) is 4.79 Å². The highest BCUT2D eigenvalue weighted by Gasteiger charge is 2.33. The molecule has 31 heavy (non-hydrogen) atoms. The van der Waals surface area contributed by atoms with Gasteiger partial charge in [0.1, 0.15) is 11.4 Å². The second kappa shape index (κ2) is 10.6.